The number of halogens is 2. The third-order valence-corrected chi connectivity index (χ3v) is 5.88. The van der Waals surface area contributed by atoms with E-state index >= 15 is 0 Å². The van der Waals surface area contributed by atoms with Crippen LogP contribution in [0.1, 0.15) is 17.3 Å². The number of aromatic amines is 1. The van der Waals surface area contributed by atoms with Gasteiger partial charge in [0.15, 0.2) is 28.5 Å². The Morgan fingerprint density at radius 2 is 2.12 bits per heavy atom. The largest absolute Gasteiger partial charge is 0.488 e. The highest BCUT2D eigenvalue weighted by Crippen LogP contribution is 2.33. The van der Waals surface area contributed by atoms with Crippen LogP contribution in [0, 0.1) is 16.4 Å². The predicted molar refractivity (Wildman–Crippen MR) is 105 cm³/mol. The van der Waals surface area contributed by atoms with E-state index in [1.54, 1.807) is 10.8 Å². The second-order valence-corrected chi connectivity index (χ2v) is 8.07. The number of benzene rings is 1. The molecule has 174 valence electrons. The van der Waals surface area contributed by atoms with Gasteiger partial charge < -0.3 is 39.5 Å². The maximum absolute atomic E-state index is 13.9. The summed E-state index contributed by atoms with van der Waals surface area (Å²) < 4.78 is 40.0. The fourth-order valence-electron chi connectivity index (χ4n) is 4.03. The number of rotatable bonds is 6. The smallest absolute Gasteiger partial charge is 0.335 e. The maximum atomic E-state index is 13.9. The number of aromatic nitrogens is 2. The summed E-state index contributed by atoms with van der Waals surface area (Å²) in [6, 6.07) is 1.61. The van der Waals surface area contributed by atoms with E-state index in [1.165, 1.54) is 6.07 Å². The summed E-state index contributed by atoms with van der Waals surface area (Å²) in [5, 5.41) is 41.6. The number of carboxylic acid groups (broad SMARTS) is 1. The number of H-pyrrole nitrogens is 1. The topological polar surface area (TPSA) is 149 Å². The Balaban J connectivity index is 1.46. The molecule has 2 aliphatic heterocycles. The average molecular weight is 473 g/mol. The molecule has 10 nitrogen and oxygen atoms in total. The Morgan fingerprint density at radius 1 is 1.38 bits per heavy atom. The lowest BCUT2D eigenvalue weighted by Crippen LogP contribution is -2.55. The number of imidazole rings is 1. The van der Waals surface area contributed by atoms with E-state index in [0.29, 0.717) is 16.0 Å². The van der Waals surface area contributed by atoms with Crippen LogP contribution in [0.3, 0.4) is 0 Å². The molecule has 0 amide bonds. The van der Waals surface area contributed by atoms with Gasteiger partial charge >= 0.3 is 5.97 Å². The third kappa shape index (κ3) is 4.02. The molecule has 2 unspecified atom stereocenters. The van der Waals surface area contributed by atoms with Crippen LogP contribution in [0.2, 0.25) is 0 Å². The molecule has 0 bridgehead atoms. The zero-order valence-corrected chi connectivity index (χ0v) is 17.3. The summed E-state index contributed by atoms with van der Waals surface area (Å²) >= 11 is 5.33. The minimum absolute atomic E-state index is 0.00661. The Labute approximate surface area is 185 Å². The van der Waals surface area contributed by atoms with Gasteiger partial charge in [-0.25, -0.2) is 13.6 Å². The number of aliphatic hydroxyl groups is 3. The van der Waals surface area contributed by atoms with Crippen LogP contribution in [0.4, 0.5) is 8.78 Å². The molecule has 0 saturated carbocycles. The number of ether oxygens (including phenoxy) is 2. The van der Waals surface area contributed by atoms with E-state index in [1.807, 2.05) is 0 Å². The van der Waals surface area contributed by atoms with Gasteiger partial charge in [0.2, 0.25) is 0 Å². The molecule has 1 aromatic heterocycles. The van der Waals surface area contributed by atoms with Crippen molar-refractivity contribution in [3.8, 4) is 5.75 Å². The summed E-state index contributed by atoms with van der Waals surface area (Å²) in [6.45, 7) is 0.104. The first-order valence-corrected chi connectivity index (χ1v) is 10.1. The molecule has 1 aromatic carbocycles. The van der Waals surface area contributed by atoms with Gasteiger partial charge in [0.25, 0.3) is 5.91 Å². The highest BCUT2D eigenvalue weighted by atomic mass is 32.1. The number of carbonyl (C=O) groups is 1. The van der Waals surface area contributed by atoms with Gasteiger partial charge in [0.1, 0.15) is 18.5 Å². The van der Waals surface area contributed by atoms with E-state index < -0.39 is 41.8 Å². The van der Waals surface area contributed by atoms with Crippen molar-refractivity contribution < 1.29 is 43.5 Å². The first-order valence-electron chi connectivity index (χ1n) is 9.74. The summed E-state index contributed by atoms with van der Waals surface area (Å²) in [5.41, 5.74) is 1.03. The molecule has 1 fully saturated rings. The summed E-state index contributed by atoms with van der Waals surface area (Å²) in [4.78, 5) is 14.0. The fraction of sp³-hybridized carbons (Fsp3) is 0.474. The molecule has 4 rings (SSSR count). The maximum Gasteiger partial charge on any atom is 0.335 e. The number of fused-ring (bicyclic) bond motifs is 1. The first kappa shape index (κ1) is 22.8. The van der Waals surface area contributed by atoms with Crippen LogP contribution >= 0.6 is 12.2 Å². The van der Waals surface area contributed by atoms with Gasteiger partial charge in [-0.15, -0.1) is 0 Å². The summed E-state index contributed by atoms with van der Waals surface area (Å²) in [7, 11) is 0. The summed E-state index contributed by atoms with van der Waals surface area (Å²) in [5.74, 6) is -5.46. The minimum Gasteiger partial charge on any atom is -0.488 e. The van der Waals surface area contributed by atoms with Gasteiger partial charge in [-0.3, -0.25) is 5.32 Å². The van der Waals surface area contributed by atoms with Crippen molar-refractivity contribution in [3.05, 3.63) is 46.0 Å². The number of hydrogen-bond donors (Lipinski definition) is 6. The van der Waals surface area contributed by atoms with Gasteiger partial charge in [-0.2, -0.15) is 0 Å². The van der Waals surface area contributed by atoms with Gasteiger partial charge in [0, 0.05) is 42.9 Å². The molecule has 1 saturated heterocycles. The standard InChI is InChI=1S/C19H21F2N3O7S/c20-9-3-8-4-11(7-30-14(8)12(21)5-9)24-10(6-22-18(24)32)1-2-23-19(29)16(26)13(25)15(31-19)17(27)28/h3,5-6,11,13,15-16,23,25-26,29H,1-2,4,7H2,(H,22,32)(H,27,28)/t11-,13+,15?,16?,19-/m1/s1. The first-order chi connectivity index (χ1) is 15.1. The van der Waals surface area contributed by atoms with E-state index in [2.05, 4.69) is 10.3 Å². The van der Waals surface area contributed by atoms with E-state index in [-0.39, 0.29) is 37.8 Å². The Hall–Kier alpha value is -2.42. The lowest BCUT2D eigenvalue weighted by atomic mass is 10.0. The second kappa shape index (κ2) is 8.50. The molecular formula is C19H21F2N3O7S. The zero-order valence-electron chi connectivity index (χ0n) is 16.5. The number of carboxylic acids is 1. The second-order valence-electron chi connectivity index (χ2n) is 7.69. The Kier molecular flexibility index (Phi) is 6.04. The molecule has 2 aromatic rings. The molecule has 32 heavy (non-hydrogen) atoms. The minimum atomic E-state index is -2.46. The van der Waals surface area contributed by atoms with Crippen molar-refractivity contribution in [3.63, 3.8) is 0 Å². The van der Waals surface area contributed by atoms with Crippen LogP contribution < -0.4 is 10.1 Å². The summed E-state index contributed by atoms with van der Waals surface area (Å²) in [6.07, 6.45) is -3.36. The van der Waals surface area contributed by atoms with E-state index in [4.69, 9.17) is 26.8 Å². The molecule has 0 aliphatic carbocycles. The van der Waals surface area contributed by atoms with E-state index in [0.717, 1.165) is 6.07 Å². The highest BCUT2D eigenvalue weighted by molar-refractivity contribution is 7.71. The molecule has 0 radical (unpaired) electrons. The average Bonchev–Trinajstić information content (AvgIpc) is 3.20. The van der Waals surface area contributed by atoms with Crippen molar-refractivity contribution in [2.45, 2.75) is 43.1 Å². The van der Waals surface area contributed by atoms with Crippen LogP contribution in [0.5, 0.6) is 5.75 Å². The van der Waals surface area contributed by atoms with Crippen LogP contribution in [0.15, 0.2) is 18.3 Å². The van der Waals surface area contributed by atoms with Crippen molar-refractivity contribution in [1.82, 2.24) is 14.9 Å². The number of nitrogens with one attached hydrogen (secondary N) is 2. The van der Waals surface area contributed by atoms with Crippen LogP contribution in [0.25, 0.3) is 0 Å². The molecule has 5 atom stereocenters. The monoisotopic (exact) mass is 473 g/mol. The van der Waals surface area contributed by atoms with Crippen molar-refractivity contribution in [1.29, 1.82) is 0 Å². The third-order valence-electron chi connectivity index (χ3n) is 5.56. The Bertz CT molecular complexity index is 1090. The number of nitrogens with zero attached hydrogens (tertiary/aromatic N) is 1. The van der Waals surface area contributed by atoms with Gasteiger partial charge in [-0.05, 0) is 18.3 Å². The van der Waals surface area contributed by atoms with Gasteiger partial charge in [0.05, 0.1) is 6.04 Å². The number of hydrogen-bond acceptors (Lipinski definition) is 8. The van der Waals surface area contributed by atoms with Crippen LogP contribution in [-0.4, -0.2) is 73.3 Å². The molecule has 2 aliphatic rings. The van der Waals surface area contributed by atoms with Crippen molar-refractivity contribution in [2.24, 2.45) is 0 Å². The molecule has 0 spiro atoms. The lowest BCUT2D eigenvalue weighted by molar-refractivity contribution is -0.248. The predicted octanol–water partition coefficient (Wildman–Crippen LogP) is -0.0165. The zero-order chi connectivity index (χ0) is 23.2. The number of aliphatic carboxylic acids is 1. The van der Waals surface area contributed by atoms with Crippen molar-refractivity contribution >= 4 is 18.2 Å². The number of aliphatic hydroxyl groups excluding tert-OH is 2. The normalized spacial score (nSPS) is 29.5. The SMILES string of the molecule is O=C(O)C1O[C@@](O)(NCCc2c[nH]c(=S)n2[C@H]2COc3c(F)cc(F)cc3C2)C(O)[C@H]1O. The fourth-order valence-corrected chi connectivity index (χ4v) is 4.36. The molecule has 3 heterocycles. The van der Waals surface area contributed by atoms with Crippen molar-refractivity contribution in [2.75, 3.05) is 13.2 Å². The van der Waals surface area contributed by atoms with E-state index in [9.17, 15) is 28.9 Å². The van der Waals surface area contributed by atoms with Gasteiger partial charge in [-0.1, -0.05) is 0 Å². The quantitative estimate of drug-likeness (QED) is 0.251. The molecule has 13 heteroatoms. The molecular weight excluding hydrogens is 452 g/mol. The lowest BCUT2D eigenvalue weighted by Gasteiger charge is -2.29. The van der Waals surface area contributed by atoms with Crippen LogP contribution in [-0.2, 0) is 22.4 Å². The Morgan fingerprint density at radius 3 is 2.81 bits per heavy atom. The highest BCUT2D eigenvalue weighted by Gasteiger charge is 2.56. The molecule has 6 N–H and O–H groups in total.